The topological polar surface area (TPSA) is 76.7 Å². The third-order valence-electron chi connectivity index (χ3n) is 4.16. The average Bonchev–Trinajstić information content (AvgIpc) is 2.68. The van der Waals surface area contributed by atoms with Gasteiger partial charge in [-0.1, -0.05) is 30.3 Å². The molecule has 0 aliphatic heterocycles. The van der Waals surface area contributed by atoms with Gasteiger partial charge in [0.2, 0.25) is 11.8 Å². The van der Waals surface area contributed by atoms with Gasteiger partial charge in [0.25, 0.3) is 0 Å². The first-order chi connectivity index (χ1) is 13.0. The fraction of sp³-hybridized carbons (Fsp3) is 0.333. The Hall–Kier alpha value is -3.02. The summed E-state index contributed by atoms with van der Waals surface area (Å²) in [5.41, 5.74) is 1.77. The summed E-state index contributed by atoms with van der Waals surface area (Å²) < 4.78 is 10.6. The third-order valence-corrected chi connectivity index (χ3v) is 4.16. The van der Waals surface area contributed by atoms with E-state index >= 15 is 0 Å². The molecule has 2 rings (SSSR count). The molecule has 2 aromatic rings. The van der Waals surface area contributed by atoms with Gasteiger partial charge in [-0.2, -0.15) is 0 Å². The molecule has 27 heavy (non-hydrogen) atoms. The number of hydrogen-bond acceptors (Lipinski definition) is 4. The van der Waals surface area contributed by atoms with E-state index in [1.807, 2.05) is 43.3 Å². The molecule has 0 bridgehead atoms. The van der Waals surface area contributed by atoms with E-state index in [0.29, 0.717) is 24.5 Å². The molecule has 0 fully saturated rings. The predicted octanol–water partition coefficient (Wildman–Crippen LogP) is 2.63. The summed E-state index contributed by atoms with van der Waals surface area (Å²) in [5.74, 6) is 1.13. The number of methoxy groups -OCH3 is 2. The number of amides is 2. The number of hydrogen-bond donors (Lipinski definition) is 2. The molecule has 2 amide bonds. The van der Waals surface area contributed by atoms with Crippen LogP contribution in [0.4, 0.5) is 0 Å². The summed E-state index contributed by atoms with van der Waals surface area (Å²) in [4.78, 5) is 24.1. The Morgan fingerprint density at radius 2 is 1.74 bits per heavy atom. The van der Waals surface area contributed by atoms with Gasteiger partial charge in [-0.05, 0) is 30.7 Å². The molecule has 1 unspecified atom stereocenters. The summed E-state index contributed by atoms with van der Waals surface area (Å²) in [6.07, 6.45) is 0.511. The minimum absolute atomic E-state index is 0.100. The Kier molecular flexibility index (Phi) is 7.67. The van der Waals surface area contributed by atoms with Gasteiger partial charge in [-0.15, -0.1) is 0 Å². The van der Waals surface area contributed by atoms with Crippen LogP contribution in [0, 0.1) is 0 Å². The quantitative estimate of drug-likeness (QED) is 0.711. The molecule has 6 nitrogen and oxygen atoms in total. The number of rotatable bonds is 9. The second-order valence-corrected chi connectivity index (χ2v) is 6.16. The highest BCUT2D eigenvalue weighted by Crippen LogP contribution is 2.29. The van der Waals surface area contributed by atoms with Crippen LogP contribution in [-0.2, 0) is 16.0 Å². The van der Waals surface area contributed by atoms with Gasteiger partial charge in [0.05, 0.1) is 26.7 Å². The first-order valence-corrected chi connectivity index (χ1v) is 8.85. The lowest BCUT2D eigenvalue weighted by molar-refractivity contribution is -0.122. The van der Waals surface area contributed by atoms with Gasteiger partial charge < -0.3 is 20.1 Å². The molecule has 0 spiro atoms. The standard InChI is InChI=1S/C21H26N2O4/c1-15(18-14-17(26-2)9-10-19(18)27-3)23-20(24)11-12-22-21(25)13-16-7-5-4-6-8-16/h4-10,14-15H,11-13H2,1-3H3,(H,22,25)(H,23,24). The van der Waals surface area contributed by atoms with Crippen LogP contribution < -0.4 is 20.1 Å². The zero-order chi connectivity index (χ0) is 19.6. The van der Waals surface area contributed by atoms with Crippen molar-refractivity contribution in [2.75, 3.05) is 20.8 Å². The van der Waals surface area contributed by atoms with Gasteiger partial charge >= 0.3 is 0 Å². The van der Waals surface area contributed by atoms with E-state index in [0.717, 1.165) is 11.1 Å². The van der Waals surface area contributed by atoms with E-state index in [2.05, 4.69) is 10.6 Å². The molecule has 0 aliphatic carbocycles. The summed E-state index contributed by atoms with van der Waals surface area (Å²) >= 11 is 0. The highest BCUT2D eigenvalue weighted by atomic mass is 16.5. The lowest BCUT2D eigenvalue weighted by Crippen LogP contribution is -2.32. The van der Waals surface area contributed by atoms with E-state index < -0.39 is 0 Å². The first-order valence-electron chi connectivity index (χ1n) is 8.85. The smallest absolute Gasteiger partial charge is 0.224 e. The van der Waals surface area contributed by atoms with E-state index in [4.69, 9.17) is 9.47 Å². The number of nitrogens with one attached hydrogen (secondary N) is 2. The zero-order valence-electron chi connectivity index (χ0n) is 16.0. The molecule has 0 aromatic heterocycles. The Labute approximate surface area is 159 Å². The predicted molar refractivity (Wildman–Crippen MR) is 104 cm³/mol. The Balaban J connectivity index is 1.80. The summed E-state index contributed by atoms with van der Waals surface area (Å²) in [5, 5.41) is 5.69. The minimum Gasteiger partial charge on any atom is -0.497 e. The van der Waals surface area contributed by atoms with Crippen LogP contribution in [0.2, 0.25) is 0 Å². The first kappa shape index (κ1) is 20.3. The molecule has 1 atom stereocenters. The minimum atomic E-state index is -0.248. The molecule has 0 saturated carbocycles. The van der Waals surface area contributed by atoms with Gasteiger partial charge in [0.15, 0.2) is 0 Å². The normalized spacial score (nSPS) is 11.4. The van der Waals surface area contributed by atoms with Crippen LogP contribution in [0.25, 0.3) is 0 Å². The fourth-order valence-corrected chi connectivity index (χ4v) is 2.73. The van der Waals surface area contributed by atoms with Crippen molar-refractivity contribution < 1.29 is 19.1 Å². The van der Waals surface area contributed by atoms with Gasteiger partial charge in [-0.3, -0.25) is 9.59 Å². The second kappa shape index (κ2) is 10.2. The largest absolute Gasteiger partial charge is 0.497 e. The number of carbonyl (C=O) groups excluding carboxylic acids is 2. The van der Waals surface area contributed by atoms with Crippen LogP contribution >= 0.6 is 0 Å². The lowest BCUT2D eigenvalue weighted by Gasteiger charge is -2.18. The molecule has 0 saturated heterocycles. The zero-order valence-corrected chi connectivity index (χ0v) is 16.0. The highest BCUT2D eigenvalue weighted by molar-refractivity contribution is 5.80. The van der Waals surface area contributed by atoms with Gasteiger partial charge in [0.1, 0.15) is 11.5 Å². The lowest BCUT2D eigenvalue weighted by atomic mass is 10.1. The summed E-state index contributed by atoms with van der Waals surface area (Å²) in [7, 11) is 3.18. The number of benzene rings is 2. The molecule has 6 heteroatoms. The van der Waals surface area contributed by atoms with E-state index in [1.165, 1.54) is 0 Å². The van der Waals surface area contributed by atoms with Crippen molar-refractivity contribution in [3.05, 3.63) is 59.7 Å². The molecule has 0 heterocycles. The average molecular weight is 370 g/mol. The van der Waals surface area contributed by atoms with Crippen molar-refractivity contribution in [1.82, 2.24) is 10.6 Å². The Morgan fingerprint density at radius 1 is 1.00 bits per heavy atom. The van der Waals surface area contributed by atoms with Crippen LogP contribution in [0.3, 0.4) is 0 Å². The van der Waals surface area contributed by atoms with Crippen LogP contribution in [0.1, 0.15) is 30.5 Å². The molecule has 0 radical (unpaired) electrons. The van der Waals surface area contributed by atoms with Crippen molar-refractivity contribution in [2.24, 2.45) is 0 Å². The van der Waals surface area contributed by atoms with Gasteiger partial charge in [-0.25, -0.2) is 0 Å². The Morgan fingerprint density at radius 3 is 2.41 bits per heavy atom. The molecular weight excluding hydrogens is 344 g/mol. The van der Waals surface area contributed by atoms with Crippen LogP contribution in [-0.4, -0.2) is 32.6 Å². The van der Waals surface area contributed by atoms with E-state index in [-0.39, 0.29) is 24.3 Å². The van der Waals surface area contributed by atoms with Crippen molar-refractivity contribution in [1.29, 1.82) is 0 Å². The van der Waals surface area contributed by atoms with Crippen molar-refractivity contribution in [2.45, 2.75) is 25.8 Å². The second-order valence-electron chi connectivity index (χ2n) is 6.16. The molecular formula is C21H26N2O4. The Bertz CT molecular complexity index is 762. The van der Waals surface area contributed by atoms with Crippen molar-refractivity contribution >= 4 is 11.8 Å². The maximum atomic E-state index is 12.2. The van der Waals surface area contributed by atoms with Crippen molar-refractivity contribution in [3.63, 3.8) is 0 Å². The highest BCUT2D eigenvalue weighted by Gasteiger charge is 2.15. The SMILES string of the molecule is COc1ccc(OC)c(C(C)NC(=O)CCNC(=O)Cc2ccccc2)c1. The van der Waals surface area contributed by atoms with Crippen LogP contribution in [0.5, 0.6) is 11.5 Å². The van der Waals surface area contributed by atoms with E-state index in [1.54, 1.807) is 26.4 Å². The maximum absolute atomic E-state index is 12.2. The van der Waals surface area contributed by atoms with Gasteiger partial charge in [0, 0.05) is 18.5 Å². The molecule has 144 valence electrons. The van der Waals surface area contributed by atoms with Crippen molar-refractivity contribution in [3.8, 4) is 11.5 Å². The third kappa shape index (κ3) is 6.33. The summed E-state index contributed by atoms with van der Waals surface area (Å²) in [6.45, 7) is 2.17. The summed E-state index contributed by atoms with van der Waals surface area (Å²) in [6, 6.07) is 14.7. The molecule has 0 aliphatic rings. The number of carbonyl (C=O) groups is 2. The molecule has 2 N–H and O–H groups in total. The molecule has 2 aromatic carbocycles. The fourth-order valence-electron chi connectivity index (χ4n) is 2.73. The maximum Gasteiger partial charge on any atom is 0.224 e. The number of ether oxygens (including phenoxy) is 2. The monoisotopic (exact) mass is 370 g/mol. The van der Waals surface area contributed by atoms with E-state index in [9.17, 15) is 9.59 Å². The van der Waals surface area contributed by atoms with Crippen LogP contribution in [0.15, 0.2) is 48.5 Å².